The Bertz CT molecular complexity index is 159. The lowest BCUT2D eigenvalue weighted by molar-refractivity contribution is -0.196. The first-order valence-electron chi connectivity index (χ1n) is 5.08. The second kappa shape index (κ2) is 5.66. The molecule has 4 heteroatoms. The van der Waals surface area contributed by atoms with Gasteiger partial charge in [-0.05, 0) is 24.8 Å². The molecule has 0 aromatic rings. The first-order chi connectivity index (χ1) is 6.34. The van der Waals surface area contributed by atoms with Gasteiger partial charge in [0.15, 0.2) is 0 Å². The van der Waals surface area contributed by atoms with Crippen LogP contribution in [0, 0.1) is 17.8 Å². The Morgan fingerprint density at radius 2 is 1.71 bits per heavy atom. The molecule has 0 rings (SSSR count). The molecule has 86 valence electrons. The molecule has 0 aromatic heterocycles. The molecule has 0 saturated carbocycles. The maximum absolute atomic E-state index is 9.38. The van der Waals surface area contributed by atoms with Gasteiger partial charge in [-0.15, -0.1) is 0 Å². The van der Waals surface area contributed by atoms with Gasteiger partial charge in [-0.2, -0.15) is 0 Å². The number of aliphatic hydroxyl groups excluding tert-OH is 1. The molecular formula is C10H23NO3. The normalized spacial score (nSPS) is 17.1. The van der Waals surface area contributed by atoms with Gasteiger partial charge in [0.2, 0.25) is 5.91 Å². The minimum Gasteiger partial charge on any atom is -0.396 e. The molecule has 0 heterocycles. The van der Waals surface area contributed by atoms with E-state index in [1.807, 2.05) is 20.8 Å². The van der Waals surface area contributed by atoms with Gasteiger partial charge in [-0.1, -0.05) is 20.8 Å². The molecule has 4 N–H and O–H groups in total. The Hall–Kier alpha value is -0.160. The summed E-state index contributed by atoms with van der Waals surface area (Å²) in [4.78, 5) is 0. The summed E-state index contributed by atoms with van der Waals surface area (Å²) in [6, 6.07) is 0. The molecule has 0 aromatic carbocycles. The summed E-state index contributed by atoms with van der Waals surface area (Å²) in [5, 5.41) is 30.3. The van der Waals surface area contributed by atoms with Crippen LogP contribution in [-0.2, 0) is 0 Å². The Kier molecular flexibility index (Phi) is 5.59. The Balaban J connectivity index is 4.23. The van der Waals surface area contributed by atoms with E-state index in [0.29, 0.717) is 5.92 Å². The first kappa shape index (κ1) is 13.8. The predicted octanol–water partition coefficient (Wildman–Crippen LogP) is 0.135. The molecule has 0 aliphatic carbocycles. The SMILES string of the molecule is CNC(O)(O)CC(C)[C@@H](CO)C(C)C. The van der Waals surface area contributed by atoms with Crippen LogP contribution in [0.1, 0.15) is 27.2 Å². The van der Waals surface area contributed by atoms with Crippen LogP contribution in [0.4, 0.5) is 0 Å². The molecule has 4 nitrogen and oxygen atoms in total. The molecule has 0 saturated heterocycles. The first-order valence-corrected chi connectivity index (χ1v) is 5.08. The van der Waals surface area contributed by atoms with E-state index in [1.165, 1.54) is 7.05 Å². The van der Waals surface area contributed by atoms with Crippen molar-refractivity contribution in [2.75, 3.05) is 13.7 Å². The van der Waals surface area contributed by atoms with E-state index in [2.05, 4.69) is 5.32 Å². The molecule has 1 unspecified atom stereocenters. The third kappa shape index (κ3) is 4.37. The summed E-state index contributed by atoms with van der Waals surface area (Å²) in [5.74, 6) is -1.34. The highest BCUT2D eigenvalue weighted by Gasteiger charge is 2.29. The Morgan fingerprint density at radius 3 is 2.00 bits per heavy atom. The van der Waals surface area contributed by atoms with Gasteiger partial charge in [-0.3, -0.25) is 5.32 Å². The van der Waals surface area contributed by atoms with Crippen molar-refractivity contribution in [2.45, 2.75) is 33.1 Å². The molecular weight excluding hydrogens is 182 g/mol. The molecule has 14 heavy (non-hydrogen) atoms. The molecule has 2 atom stereocenters. The monoisotopic (exact) mass is 205 g/mol. The number of hydrogen-bond acceptors (Lipinski definition) is 4. The smallest absolute Gasteiger partial charge is 0.222 e. The van der Waals surface area contributed by atoms with Crippen LogP contribution in [0.2, 0.25) is 0 Å². The lowest BCUT2D eigenvalue weighted by atomic mass is 9.82. The fourth-order valence-electron chi connectivity index (χ4n) is 1.75. The van der Waals surface area contributed by atoms with Crippen molar-refractivity contribution in [1.29, 1.82) is 0 Å². The van der Waals surface area contributed by atoms with Crippen molar-refractivity contribution >= 4 is 0 Å². The maximum Gasteiger partial charge on any atom is 0.222 e. The minimum atomic E-state index is -1.83. The van der Waals surface area contributed by atoms with Crippen molar-refractivity contribution in [3.63, 3.8) is 0 Å². The van der Waals surface area contributed by atoms with Crippen LogP contribution in [0.3, 0.4) is 0 Å². The summed E-state index contributed by atoms with van der Waals surface area (Å²) in [5.41, 5.74) is 0. The molecule has 0 aliphatic heterocycles. The van der Waals surface area contributed by atoms with Crippen molar-refractivity contribution in [1.82, 2.24) is 5.32 Å². The largest absolute Gasteiger partial charge is 0.396 e. The van der Waals surface area contributed by atoms with Crippen LogP contribution < -0.4 is 5.32 Å². The fourth-order valence-corrected chi connectivity index (χ4v) is 1.75. The van der Waals surface area contributed by atoms with Gasteiger partial charge in [0, 0.05) is 13.0 Å². The predicted molar refractivity (Wildman–Crippen MR) is 55.4 cm³/mol. The topological polar surface area (TPSA) is 72.7 Å². The van der Waals surface area contributed by atoms with Gasteiger partial charge < -0.3 is 15.3 Å². The summed E-state index contributed by atoms with van der Waals surface area (Å²) >= 11 is 0. The number of rotatable bonds is 6. The molecule has 0 bridgehead atoms. The van der Waals surface area contributed by atoms with Crippen LogP contribution >= 0.6 is 0 Å². The molecule has 0 spiro atoms. The minimum absolute atomic E-state index is 0.0578. The van der Waals surface area contributed by atoms with Gasteiger partial charge in [0.1, 0.15) is 0 Å². The summed E-state index contributed by atoms with van der Waals surface area (Å²) in [7, 11) is 1.50. The second-order valence-electron chi connectivity index (χ2n) is 4.34. The zero-order valence-electron chi connectivity index (χ0n) is 9.49. The third-order valence-electron chi connectivity index (χ3n) is 2.81. The summed E-state index contributed by atoms with van der Waals surface area (Å²) < 4.78 is 0. The molecule has 0 radical (unpaired) electrons. The molecule has 0 aliphatic rings. The Labute approximate surface area is 86.0 Å². The fraction of sp³-hybridized carbons (Fsp3) is 1.00. The van der Waals surface area contributed by atoms with Crippen LogP contribution in [0.5, 0.6) is 0 Å². The summed E-state index contributed by atoms with van der Waals surface area (Å²) in [6.45, 7) is 6.04. The number of hydrogen-bond donors (Lipinski definition) is 4. The van der Waals surface area contributed by atoms with E-state index in [1.54, 1.807) is 0 Å². The maximum atomic E-state index is 9.38. The zero-order valence-corrected chi connectivity index (χ0v) is 9.49. The second-order valence-corrected chi connectivity index (χ2v) is 4.34. The van der Waals surface area contributed by atoms with Gasteiger partial charge in [0.25, 0.3) is 0 Å². The average molecular weight is 205 g/mol. The van der Waals surface area contributed by atoms with E-state index in [4.69, 9.17) is 5.11 Å². The quantitative estimate of drug-likeness (QED) is 0.465. The van der Waals surface area contributed by atoms with Gasteiger partial charge >= 0.3 is 0 Å². The van der Waals surface area contributed by atoms with E-state index in [-0.39, 0.29) is 24.9 Å². The average Bonchev–Trinajstić information content (AvgIpc) is 2.03. The lowest BCUT2D eigenvalue weighted by Crippen LogP contribution is -2.45. The Morgan fingerprint density at radius 1 is 1.21 bits per heavy atom. The highest BCUT2D eigenvalue weighted by molar-refractivity contribution is 4.73. The highest BCUT2D eigenvalue weighted by Crippen LogP contribution is 2.25. The van der Waals surface area contributed by atoms with Crippen LogP contribution in [0.15, 0.2) is 0 Å². The van der Waals surface area contributed by atoms with Crippen molar-refractivity contribution in [3.8, 4) is 0 Å². The standard InChI is InChI=1S/C10H23NO3/c1-7(2)9(6-12)8(3)5-10(13,14)11-4/h7-9,11-14H,5-6H2,1-4H3/t8?,9-/m0/s1. The van der Waals surface area contributed by atoms with E-state index in [9.17, 15) is 10.2 Å². The summed E-state index contributed by atoms with van der Waals surface area (Å²) in [6.07, 6.45) is 0.215. The van der Waals surface area contributed by atoms with Gasteiger partial charge in [0.05, 0.1) is 0 Å². The molecule has 0 amide bonds. The molecule has 0 fully saturated rings. The van der Waals surface area contributed by atoms with Crippen molar-refractivity contribution in [2.24, 2.45) is 17.8 Å². The van der Waals surface area contributed by atoms with Crippen LogP contribution in [-0.4, -0.2) is 34.9 Å². The van der Waals surface area contributed by atoms with E-state index >= 15 is 0 Å². The zero-order chi connectivity index (χ0) is 11.4. The highest BCUT2D eigenvalue weighted by atomic mass is 16.5. The van der Waals surface area contributed by atoms with Crippen molar-refractivity contribution < 1.29 is 15.3 Å². The number of nitrogens with one attached hydrogen (secondary N) is 1. The third-order valence-corrected chi connectivity index (χ3v) is 2.81. The van der Waals surface area contributed by atoms with Gasteiger partial charge in [-0.25, -0.2) is 0 Å². The van der Waals surface area contributed by atoms with Crippen molar-refractivity contribution in [3.05, 3.63) is 0 Å². The van der Waals surface area contributed by atoms with E-state index in [0.717, 1.165) is 0 Å². The number of aliphatic hydroxyl groups is 3. The lowest BCUT2D eigenvalue weighted by Gasteiger charge is -2.30. The van der Waals surface area contributed by atoms with Crippen LogP contribution in [0.25, 0.3) is 0 Å². The van der Waals surface area contributed by atoms with E-state index < -0.39 is 5.91 Å².